The third-order valence-electron chi connectivity index (χ3n) is 6.35. The van der Waals surface area contributed by atoms with E-state index < -0.39 is 5.79 Å². The van der Waals surface area contributed by atoms with E-state index in [1.165, 1.54) is 29.5 Å². The second kappa shape index (κ2) is 11.0. The molecule has 35 heavy (non-hydrogen) atoms. The summed E-state index contributed by atoms with van der Waals surface area (Å²) in [5.41, 5.74) is 5.38. The maximum absolute atomic E-state index is 12.3. The number of rotatable bonds is 10. The summed E-state index contributed by atoms with van der Waals surface area (Å²) >= 11 is 0. The molecular formula is C31H36O4. The lowest BCUT2D eigenvalue weighted by Gasteiger charge is -2.32. The van der Waals surface area contributed by atoms with Crippen LogP contribution in [0.25, 0.3) is 11.1 Å². The molecule has 0 N–H and O–H groups in total. The number of aryl methyl sites for hydroxylation is 1. The van der Waals surface area contributed by atoms with Gasteiger partial charge < -0.3 is 14.2 Å². The second-order valence-corrected chi connectivity index (χ2v) is 9.72. The van der Waals surface area contributed by atoms with Crippen molar-refractivity contribution in [1.82, 2.24) is 0 Å². The van der Waals surface area contributed by atoms with Crippen LogP contribution in [0.5, 0.6) is 11.5 Å². The van der Waals surface area contributed by atoms with E-state index in [-0.39, 0.29) is 12.1 Å². The van der Waals surface area contributed by atoms with Crippen LogP contribution in [0.3, 0.4) is 0 Å². The Bertz CT molecular complexity index is 1130. The van der Waals surface area contributed by atoms with Gasteiger partial charge in [0.1, 0.15) is 23.2 Å². The molecule has 0 radical (unpaired) electrons. The van der Waals surface area contributed by atoms with Gasteiger partial charge in [-0.25, -0.2) is 4.79 Å². The summed E-state index contributed by atoms with van der Waals surface area (Å²) in [6.45, 7) is 7.87. The normalized spacial score (nSPS) is 15.0. The summed E-state index contributed by atoms with van der Waals surface area (Å²) in [6, 6.07) is 22.9. The average molecular weight is 473 g/mol. The Morgan fingerprint density at radius 3 is 2.14 bits per heavy atom. The van der Waals surface area contributed by atoms with Crippen molar-refractivity contribution in [1.29, 1.82) is 0 Å². The first-order valence-corrected chi connectivity index (χ1v) is 12.8. The molecule has 4 heteroatoms. The van der Waals surface area contributed by atoms with Crippen LogP contribution in [0.4, 0.5) is 0 Å². The molecule has 0 fully saturated rings. The van der Waals surface area contributed by atoms with E-state index >= 15 is 0 Å². The monoisotopic (exact) mass is 472 g/mol. The van der Waals surface area contributed by atoms with Gasteiger partial charge in [-0.2, -0.15) is 0 Å². The molecule has 0 amide bonds. The lowest BCUT2D eigenvalue weighted by atomic mass is 9.98. The van der Waals surface area contributed by atoms with E-state index in [0.29, 0.717) is 17.1 Å². The molecule has 3 aromatic carbocycles. The maximum Gasteiger partial charge on any atom is 0.345 e. The quantitative estimate of drug-likeness (QED) is 0.278. The van der Waals surface area contributed by atoms with Crippen molar-refractivity contribution in [3.8, 4) is 22.6 Å². The molecule has 1 aliphatic heterocycles. The molecule has 1 atom stereocenters. The molecular weight excluding hydrogens is 436 g/mol. The number of carbonyl (C=O) groups excluding carboxylic acids is 1. The topological polar surface area (TPSA) is 44.8 Å². The molecule has 0 bridgehead atoms. The highest BCUT2D eigenvalue weighted by Gasteiger charge is 2.34. The van der Waals surface area contributed by atoms with E-state index in [1.807, 2.05) is 6.07 Å². The minimum atomic E-state index is -0.992. The molecule has 4 rings (SSSR count). The summed E-state index contributed by atoms with van der Waals surface area (Å²) in [5, 5.41) is 0. The fraction of sp³-hybridized carbons (Fsp3) is 0.387. The zero-order chi connectivity index (χ0) is 24.8. The number of hydrogen-bond acceptors (Lipinski definition) is 4. The summed E-state index contributed by atoms with van der Waals surface area (Å²) in [6.07, 6.45) is 6.56. The van der Waals surface area contributed by atoms with E-state index in [0.717, 1.165) is 31.2 Å². The summed E-state index contributed by atoms with van der Waals surface area (Å²) in [7, 11) is 0. The summed E-state index contributed by atoms with van der Waals surface area (Å²) < 4.78 is 17.6. The van der Waals surface area contributed by atoms with Gasteiger partial charge in [-0.15, -0.1) is 0 Å². The van der Waals surface area contributed by atoms with Gasteiger partial charge >= 0.3 is 5.97 Å². The highest BCUT2D eigenvalue weighted by atomic mass is 16.7. The smallest absolute Gasteiger partial charge is 0.345 e. The fourth-order valence-corrected chi connectivity index (χ4v) is 4.38. The Labute approximate surface area is 209 Å². The molecule has 184 valence electrons. The number of benzene rings is 3. The predicted octanol–water partition coefficient (Wildman–Crippen LogP) is 8.29. The summed E-state index contributed by atoms with van der Waals surface area (Å²) in [4.78, 5) is 12.3. The lowest BCUT2D eigenvalue weighted by Crippen LogP contribution is -2.38. The highest BCUT2D eigenvalue weighted by molar-refractivity contribution is 5.93. The Hall–Kier alpha value is -3.27. The molecule has 0 saturated heterocycles. The number of ether oxygens (including phenoxy) is 3. The van der Waals surface area contributed by atoms with Gasteiger partial charge in [0.2, 0.25) is 5.79 Å². The molecule has 0 aromatic heterocycles. The molecule has 0 aliphatic carbocycles. The standard InChI is InChI=1S/C31H36O4/c1-5-7-9-22-11-13-23(14-12-22)24-15-17-25(18-16-24)28(10-8-6-2)33-26-19-20-27-29(21-26)34-31(3,4)35-30(27)32/h11-21,28H,5-10H2,1-4H3. The molecule has 1 heterocycles. The van der Waals surface area contributed by atoms with Crippen molar-refractivity contribution >= 4 is 5.97 Å². The summed E-state index contributed by atoms with van der Waals surface area (Å²) in [5.74, 6) is -0.189. The Morgan fingerprint density at radius 2 is 1.49 bits per heavy atom. The predicted molar refractivity (Wildman–Crippen MR) is 140 cm³/mol. The van der Waals surface area contributed by atoms with Gasteiger partial charge in [-0.05, 0) is 60.1 Å². The molecule has 4 nitrogen and oxygen atoms in total. The van der Waals surface area contributed by atoms with Crippen LogP contribution in [-0.4, -0.2) is 11.8 Å². The first-order chi connectivity index (χ1) is 16.9. The molecule has 0 saturated carbocycles. The van der Waals surface area contributed by atoms with E-state index in [2.05, 4.69) is 62.4 Å². The zero-order valence-corrected chi connectivity index (χ0v) is 21.3. The van der Waals surface area contributed by atoms with Crippen molar-refractivity contribution in [2.24, 2.45) is 0 Å². The van der Waals surface area contributed by atoms with Gasteiger partial charge in [0, 0.05) is 19.9 Å². The van der Waals surface area contributed by atoms with Gasteiger partial charge in [0.15, 0.2) is 0 Å². The lowest BCUT2D eigenvalue weighted by molar-refractivity contribution is -0.127. The number of carbonyl (C=O) groups is 1. The SMILES string of the molecule is CCCCc1ccc(-c2ccc(C(CCCC)Oc3ccc4c(c3)OC(C)(C)OC4=O)cc2)cc1. The third kappa shape index (κ3) is 6.25. The van der Waals surface area contributed by atoms with Crippen LogP contribution in [0.1, 0.15) is 87.4 Å². The zero-order valence-electron chi connectivity index (χ0n) is 21.3. The number of hydrogen-bond donors (Lipinski definition) is 0. The maximum atomic E-state index is 12.3. The van der Waals surface area contributed by atoms with Gasteiger partial charge in [0.25, 0.3) is 0 Å². The van der Waals surface area contributed by atoms with Crippen LogP contribution in [0.15, 0.2) is 66.7 Å². The molecule has 0 spiro atoms. The number of unbranched alkanes of at least 4 members (excludes halogenated alkanes) is 2. The Balaban J connectivity index is 1.51. The third-order valence-corrected chi connectivity index (χ3v) is 6.35. The second-order valence-electron chi connectivity index (χ2n) is 9.72. The highest BCUT2D eigenvalue weighted by Crippen LogP contribution is 2.36. The number of fused-ring (bicyclic) bond motifs is 1. The van der Waals surface area contributed by atoms with E-state index in [9.17, 15) is 4.79 Å². The first-order valence-electron chi connectivity index (χ1n) is 12.8. The van der Waals surface area contributed by atoms with E-state index in [1.54, 1.807) is 26.0 Å². The van der Waals surface area contributed by atoms with Crippen LogP contribution in [-0.2, 0) is 11.2 Å². The van der Waals surface area contributed by atoms with Gasteiger partial charge in [0.05, 0.1) is 0 Å². The van der Waals surface area contributed by atoms with Crippen molar-refractivity contribution in [2.45, 2.75) is 78.1 Å². The number of cyclic esters (lactones) is 1. The Morgan fingerprint density at radius 1 is 0.829 bits per heavy atom. The molecule has 3 aromatic rings. The van der Waals surface area contributed by atoms with Gasteiger partial charge in [-0.1, -0.05) is 75.2 Å². The van der Waals surface area contributed by atoms with Crippen molar-refractivity contribution in [3.05, 3.63) is 83.4 Å². The first kappa shape index (κ1) is 24.8. The van der Waals surface area contributed by atoms with Crippen molar-refractivity contribution < 1.29 is 19.0 Å². The van der Waals surface area contributed by atoms with Crippen molar-refractivity contribution in [2.75, 3.05) is 0 Å². The van der Waals surface area contributed by atoms with Crippen LogP contribution in [0, 0.1) is 0 Å². The molecule has 1 aliphatic rings. The van der Waals surface area contributed by atoms with Crippen LogP contribution >= 0.6 is 0 Å². The Kier molecular flexibility index (Phi) is 7.80. The number of esters is 1. The van der Waals surface area contributed by atoms with E-state index in [4.69, 9.17) is 14.2 Å². The average Bonchev–Trinajstić information content (AvgIpc) is 2.85. The van der Waals surface area contributed by atoms with Crippen LogP contribution in [0.2, 0.25) is 0 Å². The van der Waals surface area contributed by atoms with Crippen molar-refractivity contribution in [3.63, 3.8) is 0 Å². The minimum Gasteiger partial charge on any atom is -0.486 e. The largest absolute Gasteiger partial charge is 0.486 e. The minimum absolute atomic E-state index is 0.0815. The van der Waals surface area contributed by atoms with Gasteiger partial charge in [-0.3, -0.25) is 0 Å². The fourth-order valence-electron chi connectivity index (χ4n) is 4.38. The molecule has 1 unspecified atom stereocenters. The van der Waals surface area contributed by atoms with Crippen LogP contribution < -0.4 is 9.47 Å².